The highest BCUT2D eigenvalue weighted by Crippen LogP contribution is 2.25. The van der Waals surface area contributed by atoms with Crippen molar-refractivity contribution < 1.29 is 14.3 Å². The van der Waals surface area contributed by atoms with Crippen LogP contribution in [0.1, 0.15) is 26.3 Å². The van der Waals surface area contributed by atoms with Crippen LogP contribution in [0.2, 0.25) is 0 Å². The molecule has 0 radical (unpaired) electrons. The van der Waals surface area contributed by atoms with Crippen molar-refractivity contribution >= 4 is 11.7 Å². The van der Waals surface area contributed by atoms with E-state index in [9.17, 15) is 4.79 Å². The number of ether oxygens (including phenoxy) is 2. The van der Waals surface area contributed by atoms with E-state index in [0.29, 0.717) is 26.3 Å². The number of carbonyl (C=O) groups is 1. The number of anilines is 1. The highest BCUT2D eigenvalue weighted by molar-refractivity contribution is 5.92. The summed E-state index contributed by atoms with van der Waals surface area (Å²) in [5, 5.41) is 2.99. The van der Waals surface area contributed by atoms with Crippen LogP contribution in [0.25, 0.3) is 11.1 Å². The molecule has 1 unspecified atom stereocenters. The molecule has 0 fully saturated rings. The average Bonchev–Trinajstić information content (AvgIpc) is 2.89. The summed E-state index contributed by atoms with van der Waals surface area (Å²) in [5.74, 6) is 0.848. The number of nitrogens with two attached hydrogens (primary N) is 1. The normalized spacial score (nSPS) is 11.1. The van der Waals surface area contributed by atoms with Crippen LogP contribution in [-0.2, 0) is 11.3 Å². The number of hydrogen-bond acceptors (Lipinski definition) is 4. The summed E-state index contributed by atoms with van der Waals surface area (Å²) in [6.07, 6.45) is 0. The number of nitrogens with zero attached hydrogens (tertiary/aromatic N) is 1. The van der Waals surface area contributed by atoms with Crippen molar-refractivity contribution in [3.8, 4) is 16.9 Å². The Hall–Kier alpha value is -3.35. The summed E-state index contributed by atoms with van der Waals surface area (Å²) in [7, 11) is 1.60. The van der Waals surface area contributed by atoms with Crippen molar-refractivity contribution in [1.29, 1.82) is 0 Å². The molecule has 0 aromatic heterocycles. The highest BCUT2D eigenvalue weighted by atomic mass is 16.5. The smallest absolute Gasteiger partial charge is 0.322 e. The molecule has 6 nitrogen and oxygen atoms in total. The Bertz CT molecular complexity index is 960. The number of carbonyl (C=O) groups excluding carboxylic acids is 1. The fraction of sp³-hybridized carbons (Fsp3) is 0.321. The quantitative estimate of drug-likeness (QED) is 0.418. The van der Waals surface area contributed by atoms with Crippen molar-refractivity contribution in [1.82, 2.24) is 5.32 Å². The van der Waals surface area contributed by atoms with E-state index in [-0.39, 0.29) is 12.1 Å². The number of hydrogen-bond donors (Lipinski definition) is 2. The van der Waals surface area contributed by atoms with E-state index in [1.807, 2.05) is 99.6 Å². The molecule has 0 heterocycles. The minimum atomic E-state index is -0.298. The number of amides is 2. The van der Waals surface area contributed by atoms with Crippen LogP contribution < -0.4 is 20.7 Å². The van der Waals surface area contributed by atoms with E-state index < -0.39 is 0 Å². The fourth-order valence-corrected chi connectivity index (χ4v) is 3.42. The number of urea groups is 1. The predicted octanol–water partition coefficient (Wildman–Crippen LogP) is 5.47. The van der Waals surface area contributed by atoms with Gasteiger partial charge in [0, 0.05) is 31.9 Å². The zero-order chi connectivity index (χ0) is 24.8. The van der Waals surface area contributed by atoms with E-state index in [1.54, 1.807) is 12.0 Å². The third-order valence-corrected chi connectivity index (χ3v) is 5.01. The van der Waals surface area contributed by atoms with Crippen LogP contribution in [-0.4, -0.2) is 38.9 Å². The first-order valence-electron chi connectivity index (χ1n) is 11.8. The van der Waals surface area contributed by atoms with Crippen LogP contribution >= 0.6 is 0 Å². The third-order valence-electron chi connectivity index (χ3n) is 5.01. The largest absolute Gasteiger partial charge is 0.494 e. The van der Waals surface area contributed by atoms with Crippen LogP contribution in [0, 0.1) is 0 Å². The molecule has 34 heavy (non-hydrogen) atoms. The lowest BCUT2D eigenvalue weighted by atomic mass is 10.0. The molecular formula is C28H37N3O3. The number of nitrogens with one attached hydrogen (secondary N) is 1. The number of benzene rings is 3. The Morgan fingerprint density at radius 2 is 1.53 bits per heavy atom. The van der Waals surface area contributed by atoms with Crippen LogP contribution in [0.5, 0.6) is 5.75 Å². The molecule has 3 aromatic rings. The van der Waals surface area contributed by atoms with Gasteiger partial charge < -0.3 is 20.5 Å². The Kier molecular flexibility index (Phi) is 11.7. The second-order valence-electron chi connectivity index (χ2n) is 7.47. The first-order valence-corrected chi connectivity index (χ1v) is 11.8. The molecule has 0 aliphatic rings. The zero-order valence-corrected chi connectivity index (χ0v) is 20.7. The standard InChI is InChI=1S/C26H31N3O3.C2H6/c1-3-32-25-15-11-22(12-16-25)21-9-13-24(14-10-21)29(18-23(27)19-31-2)26(30)28-17-20-7-5-4-6-8-20;1-2/h4-16,23H,3,17-19,27H2,1-2H3,(H,28,30);1-2H3. The summed E-state index contributed by atoms with van der Waals surface area (Å²) < 4.78 is 10.7. The van der Waals surface area contributed by atoms with Crippen molar-refractivity contribution in [2.75, 3.05) is 31.8 Å². The summed E-state index contributed by atoms with van der Waals surface area (Å²) in [5.41, 5.74) is 10.1. The summed E-state index contributed by atoms with van der Waals surface area (Å²) >= 11 is 0. The van der Waals surface area contributed by atoms with E-state index in [0.717, 1.165) is 28.1 Å². The molecule has 0 spiro atoms. The Morgan fingerprint density at radius 3 is 2.09 bits per heavy atom. The topological polar surface area (TPSA) is 76.8 Å². The minimum Gasteiger partial charge on any atom is -0.494 e. The first-order chi connectivity index (χ1) is 16.6. The van der Waals surface area contributed by atoms with Gasteiger partial charge in [-0.2, -0.15) is 0 Å². The predicted molar refractivity (Wildman–Crippen MR) is 140 cm³/mol. The van der Waals surface area contributed by atoms with E-state index in [1.165, 1.54) is 0 Å². The van der Waals surface area contributed by atoms with Gasteiger partial charge >= 0.3 is 6.03 Å². The van der Waals surface area contributed by atoms with Crippen LogP contribution in [0.15, 0.2) is 78.9 Å². The molecule has 0 bridgehead atoms. The highest BCUT2D eigenvalue weighted by Gasteiger charge is 2.19. The van der Waals surface area contributed by atoms with Crippen LogP contribution in [0.3, 0.4) is 0 Å². The lowest BCUT2D eigenvalue weighted by Crippen LogP contribution is -2.47. The SMILES string of the molecule is CC.CCOc1ccc(-c2ccc(N(CC(N)COC)C(=O)NCc3ccccc3)cc2)cc1. The molecule has 0 saturated heterocycles. The Labute approximate surface area is 203 Å². The fourth-order valence-electron chi connectivity index (χ4n) is 3.42. The zero-order valence-electron chi connectivity index (χ0n) is 20.7. The number of rotatable bonds is 10. The Morgan fingerprint density at radius 1 is 0.941 bits per heavy atom. The van der Waals surface area contributed by atoms with Gasteiger partial charge in [0.1, 0.15) is 5.75 Å². The maximum Gasteiger partial charge on any atom is 0.322 e. The lowest BCUT2D eigenvalue weighted by Gasteiger charge is -2.26. The maximum absolute atomic E-state index is 13.0. The first kappa shape index (κ1) is 26.9. The molecule has 1 atom stereocenters. The molecule has 0 aliphatic carbocycles. The van der Waals surface area contributed by atoms with Crippen molar-refractivity contribution in [2.24, 2.45) is 5.73 Å². The third kappa shape index (κ3) is 8.21. The van der Waals surface area contributed by atoms with Gasteiger partial charge in [0.05, 0.1) is 13.2 Å². The maximum atomic E-state index is 13.0. The van der Waals surface area contributed by atoms with Gasteiger partial charge in [0.15, 0.2) is 0 Å². The van der Waals surface area contributed by atoms with Crippen molar-refractivity contribution in [3.05, 3.63) is 84.4 Å². The molecule has 3 N–H and O–H groups in total. The molecule has 6 heteroatoms. The average molecular weight is 464 g/mol. The van der Waals surface area contributed by atoms with Gasteiger partial charge in [-0.05, 0) is 47.9 Å². The van der Waals surface area contributed by atoms with Gasteiger partial charge in [0.25, 0.3) is 0 Å². The second-order valence-corrected chi connectivity index (χ2v) is 7.47. The summed E-state index contributed by atoms with van der Waals surface area (Å²) in [6.45, 7) is 7.76. The van der Waals surface area contributed by atoms with Gasteiger partial charge in [-0.3, -0.25) is 4.90 Å². The molecular weight excluding hydrogens is 426 g/mol. The van der Waals surface area contributed by atoms with Crippen LogP contribution in [0.4, 0.5) is 10.5 Å². The Balaban J connectivity index is 0.00000199. The summed E-state index contributed by atoms with van der Waals surface area (Å²) in [4.78, 5) is 14.7. The van der Waals surface area contributed by atoms with E-state index in [2.05, 4.69) is 5.32 Å². The molecule has 0 aliphatic heterocycles. The van der Waals surface area contributed by atoms with Gasteiger partial charge in [0.2, 0.25) is 0 Å². The molecule has 182 valence electrons. The number of methoxy groups -OCH3 is 1. The molecule has 3 rings (SSSR count). The second kappa shape index (κ2) is 14.7. The van der Waals surface area contributed by atoms with Gasteiger partial charge in [-0.1, -0.05) is 68.4 Å². The van der Waals surface area contributed by atoms with Gasteiger partial charge in [-0.25, -0.2) is 4.79 Å². The monoisotopic (exact) mass is 463 g/mol. The molecule has 2 amide bonds. The lowest BCUT2D eigenvalue weighted by molar-refractivity contribution is 0.181. The van der Waals surface area contributed by atoms with E-state index >= 15 is 0 Å². The van der Waals surface area contributed by atoms with E-state index in [4.69, 9.17) is 15.2 Å². The van der Waals surface area contributed by atoms with Crippen molar-refractivity contribution in [3.63, 3.8) is 0 Å². The van der Waals surface area contributed by atoms with Gasteiger partial charge in [-0.15, -0.1) is 0 Å². The van der Waals surface area contributed by atoms with Crippen molar-refractivity contribution in [2.45, 2.75) is 33.4 Å². The molecule has 3 aromatic carbocycles. The summed E-state index contributed by atoms with van der Waals surface area (Å²) in [6, 6.07) is 25.2. The minimum absolute atomic E-state index is 0.200. The molecule has 0 saturated carbocycles.